The Morgan fingerprint density at radius 2 is 1.10 bits per heavy atom. The highest BCUT2D eigenvalue weighted by Crippen LogP contribution is 2.34. The lowest BCUT2D eigenvalue weighted by Crippen LogP contribution is -2.25. The molecule has 0 amide bonds. The third-order valence-corrected chi connectivity index (χ3v) is 7.77. The number of benzene rings is 3. The first kappa shape index (κ1) is 25.7. The van der Waals surface area contributed by atoms with Gasteiger partial charge in [0, 0.05) is 29.8 Å². The molecule has 6 heteroatoms. The Morgan fingerprint density at radius 1 is 0.590 bits per heavy atom. The largest absolute Gasteiger partial charge is 0.492 e. The molecule has 1 aromatic heterocycles. The lowest BCUT2D eigenvalue weighted by molar-refractivity contribution is 0.237. The lowest BCUT2D eigenvalue weighted by Gasteiger charge is -2.15. The number of aromatic nitrogens is 2. The van der Waals surface area contributed by atoms with Gasteiger partial charge in [-0.2, -0.15) is 0 Å². The van der Waals surface area contributed by atoms with Crippen LogP contribution in [0.4, 0.5) is 0 Å². The molecule has 6 rings (SSSR count). The van der Waals surface area contributed by atoms with Crippen LogP contribution in [0.15, 0.2) is 78.9 Å². The van der Waals surface area contributed by atoms with Crippen molar-refractivity contribution in [3.63, 3.8) is 0 Å². The van der Waals surface area contributed by atoms with E-state index in [0.717, 1.165) is 71.7 Å². The van der Waals surface area contributed by atoms with Crippen LogP contribution in [0.2, 0.25) is 0 Å². The van der Waals surface area contributed by atoms with Crippen molar-refractivity contribution in [2.45, 2.75) is 25.7 Å². The third kappa shape index (κ3) is 6.52. The fourth-order valence-electron chi connectivity index (χ4n) is 5.55. The van der Waals surface area contributed by atoms with Gasteiger partial charge in [0.05, 0.1) is 11.4 Å². The summed E-state index contributed by atoms with van der Waals surface area (Å²) < 4.78 is 12.1. The Balaban J connectivity index is 1.18. The van der Waals surface area contributed by atoms with Gasteiger partial charge in [0.15, 0.2) is 0 Å². The molecular formula is C33H38N4O2. The van der Waals surface area contributed by atoms with Crippen molar-refractivity contribution in [3.05, 3.63) is 78.9 Å². The molecule has 0 unspecified atom stereocenters. The van der Waals surface area contributed by atoms with Crippen LogP contribution in [-0.4, -0.2) is 72.3 Å². The maximum Gasteiger partial charge on any atom is 0.138 e. The molecule has 3 heterocycles. The molecule has 39 heavy (non-hydrogen) atoms. The van der Waals surface area contributed by atoms with Crippen LogP contribution in [0.1, 0.15) is 25.7 Å². The molecule has 2 aliphatic heterocycles. The van der Waals surface area contributed by atoms with E-state index in [4.69, 9.17) is 14.5 Å². The van der Waals surface area contributed by atoms with E-state index >= 15 is 0 Å². The van der Waals surface area contributed by atoms with Gasteiger partial charge in [-0.1, -0.05) is 30.3 Å². The Labute approximate surface area is 231 Å². The van der Waals surface area contributed by atoms with Crippen LogP contribution in [0.5, 0.6) is 11.5 Å². The summed E-state index contributed by atoms with van der Waals surface area (Å²) in [5.74, 6) is 2.66. The Hall–Kier alpha value is -3.61. The number of hydrogen-bond acceptors (Lipinski definition) is 5. The summed E-state index contributed by atoms with van der Waals surface area (Å²) in [5.41, 5.74) is 5.13. The van der Waals surface area contributed by atoms with E-state index in [2.05, 4.69) is 75.4 Å². The highest BCUT2D eigenvalue weighted by Gasteiger charge is 2.16. The van der Waals surface area contributed by atoms with Crippen LogP contribution in [0, 0.1) is 0 Å². The van der Waals surface area contributed by atoms with Gasteiger partial charge in [0.1, 0.15) is 30.5 Å². The molecule has 2 saturated heterocycles. The quantitative estimate of drug-likeness (QED) is 0.248. The molecule has 0 saturated carbocycles. The van der Waals surface area contributed by atoms with Crippen molar-refractivity contribution in [2.24, 2.45) is 0 Å². The summed E-state index contributed by atoms with van der Waals surface area (Å²) in [5, 5.41) is 0. The Morgan fingerprint density at radius 3 is 1.64 bits per heavy atom. The molecule has 0 bridgehead atoms. The van der Waals surface area contributed by atoms with Crippen molar-refractivity contribution in [2.75, 3.05) is 52.5 Å². The lowest BCUT2D eigenvalue weighted by atomic mass is 10.0. The zero-order valence-electron chi connectivity index (χ0n) is 22.6. The molecule has 0 spiro atoms. The minimum atomic E-state index is 0.720. The molecule has 6 nitrogen and oxygen atoms in total. The summed E-state index contributed by atoms with van der Waals surface area (Å²) in [7, 11) is 0. The predicted octanol–water partition coefficient (Wildman–Crippen LogP) is 6.36. The van der Waals surface area contributed by atoms with Gasteiger partial charge >= 0.3 is 0 Å². The predicted molar refractivity (Wildman–Crippen MR) is 157 cm³/mol. The molecule has 0 atom stereocenters. The number of rotatable bonds is 11. The van der Waals surface area contributed by atoms with Crippen molar-refractivity contribution in [1.82, 2.24) is 19.8 Å². The van der Waals surface area contributed by atoms with Crippen LogP contribution >= 0.6 is 0 Å². The van der Waals surface area contributed by atoms with E-state index in [9.17, 15) is 0 Å². The van der Waals surface area contributed by atoms with Gasteiger partial charge in [-0.25, -0.2) is 4.98 Å². The molecule has 2 aliphatic rings. The second-order valence-electron chi connectivity index (χ2n) is 10.5. The molecule has 1 N–H and O–H groups in total. The number of imidazole rings is 1. The average Bonchev–Trinajstić information content (AvgIpc) is 3.77. The number of aromatic amines is 1. The van der Waals surface area contributed by atoms with Gasteiger partial charge < -0.3 is 14.5 Å². The second kappa shape index (κ2) is 12.5. The van der Waals surface area contributed by atoms with E-state index in [0.29, 0.717) is 0 Å². The first-order chi connectivity index (χ1) is 19.3. The number of nitrogens with one attached hydrogen (secondary N) is 1. The molecule has 0 aliphatic carbocycles. The van der Waals surface area contributed by atoms with Crippen LogP contribution in [-0.2, 0) is 0 Å². The standard InChI is InChI=1S/C33H38N4O2/c1-2-8-28(9-3-1)33-34-31(26-10-14-29(15-11-26)38-24-22-36-18-4-5-19-36)32(35-33)27-12-16-30(17-13-27)39-25-23-37-20-6-7-21-37/h1-3,8-17H,4-7,18-25H2,(H,34,35). The summed E-state index contributed by atoms with van der Waals surface area (Å²) in [6.45, 7) is 8.20. The minimum Gasteiger partial charge on any atom is -0.492 e. The first-order valence-electron chi connectivity index (χ1n) is 14.4. The number of H-pyrrole nitrogens is 1. The van der Waals surface area contributed by atoms with Gasteiger partial charge in [-0.05, 0) is 100 Å². The number of hydrogen-bond donors (Lipinski definition) is 1. The minimum absolute atomic E-state index is 0.720. The summed E-state index contributed by atoms with van der Waals surface area (Å²) in [6, 6.07) is 27.0. The third-order valence-electron chi connectivity index (χ3n) is 7.77. The average molecular weight is 523 g/mol. The van der Waals surface area contributed by atoms with Gasteiger partial charge in [0.2, 0.25) is 0 Å². The monoisotopic (exact) mass is 522 g/mol. The molecule has 2 fully saturated rings. The topological polar surface area (TPSA) is 53.6 Å². The van der Waals surface area contributed by atoms with E-state index in [1.54, 1.807) is 0 Å². The van der Waals surface area contributed by atoms with Crippen molar-refractivity contribution >= 4 is 0 Å². The van der Waals surface area contributed by atoms with Crippen LogP contribution in [0.3, 0.4) is 0 Å². The number of nitrogens with zero attached hydrogens (tertiary/aromatic N) is 3. The highest BCUT2D eigenvalue weighted by molar-refractivity contribution is 5.81. The Kier molecular flexibility index (Phi) is 8.22. The summed E-state index contributed by atoms with van der Waals surface area (Å²) in [6.07, 6.45) is 5.22. The van der Waals surface area contributed by atoms with Crippen molar-refractivity contribution < 1.29 is 9.47 Å². The normalized spacial score (nSPS) is 16.1. The first-order valence-corrected chi connectivity index (χ1v) is 14.4. The molecular weight excluding hydrogens is 484 g/mol. The van der Waals surface area contributed by atoms with Gasteiger partial charge in [-0.15, -0.1) is 0 Å². The number of ether oxygens (including phenoxy) is 2. The maximum absolute atomic E-state index is 6.04. The molecule has 202 valence electrons. The van der Waals surface area contributed by atoms with E-state index in [-0.39, 0.29) is 0 Å². The fourth-order valence-corrected chi connectivity index (χ4v) is 5.55. The molecule has 4 aromatic rings. The SMILES string of the molecule is c1ccc(-c2nc(-c3ccc(OCCN4CCCC4)cc3)c(-c3ccc(OCCN4CCCC4)cc3)[nH]2)cc1. The summed E-state index contributed by atoms with van der Waals surface area (Å²) in [4.78, 5) is 13.6. The zero-order chi connectivity index (χ0) is 26.3. The van der Waals surface area contributed by atoms with Crippen LogP contribution < -0.4 is 9.47 Å². The second-order valence-corrected chi connectivity index (χ2v) is 10.5. The van der Waals surface area contributed by atoms with Crippen molar-refractivity contribution in [3.8, 4) is 45.4 Å². The molecule has 3 aromatic carbocycles. The fraction of sp³-hybridized carbons (Fsp3) is 0.364. The van der Waals surface area contributed by atoms with Gasteiger partial charge in [-0.3, -0.25) is 9.80 Å². The van der Waals surface area contributed by atoms with Gasteiger partial charge in [0.25, 0.3) is 0 Å². The summed E-state index contributed by atoms with van der Waals surface area (Å²) >= 11 is 0. The number of likely N-dealkylation sites (tertiary alicyclic amines) is 2. The Bertz CT molecular complexity index is 1220. The van der Waals surface area contributed by atoms with Crippen molar-refractivity contribution in [1.29, 1.82) is 0 Å². The maximum atomic E-state index is 6.04. The van der Waals surface area contributed by atoms with E-state index in [1.165, 1.54) is 51.9 Å². The zero-order valence-corrected chi connectivity index (χ0v) is 22.6. The van der Waals surface area contributed by atoms with E-state index < -0.39 is 0 Å². The highest BCUT2D eigenvalue weighted by atomic mass is 16.5. The van der Waals surface area contributed by atoms with Crippen LogP contribution in [0.25, 0.3) is 33.9 Å². The molecule has 0 radical (unpaired) electrons. The smallest absolute Gasteiger partial charge is 0.138 e. The van der Waals surface area contributed by atoms with E-state index in [1.807, 2.05) is 18.2 Å².